The maximum absolute atomic E-state index is 6.06. The summed E-state index contributed by atoms with van der Waals surface area (Å²) in [7, 11) is 0. The fourth-order valence-corrected chi connectivity index (χ4v) is 2.26. The molecule has 0 amide bonds. The minimum Gasteiger partial charge on any atom is -0.326 e. The molecule has 2 N–H and O–H groups in total. The molecule has 0 radical (unpaired) electrons. The molecule has 96 valence electrons. The first-order valence-electron chi connectivity index (χ1n) is 5.99. The number of benzene rings is 1. The van der Waals surface area contributed by atoms with Crippen LogP contribution in [0.25, 0.3) is 16.6 Å². The van der Waals surface area contributed by atoms with Crippen molar-refractivity contribution in [2.24, 2.45) is 5.73 Å². The Balaban J connectivity index is 2.30. The van der Waals surface area contributed by atoms with Gasteiger partial charge in [-0.3, -0.25) is 0 Å². The highest BCUT2D eigenvalue weighted by molar-refractivity contribution is 6.31. The summed E-state index contributed by atoms with van der Waals surface area (Å²) >= 11 is 6.06. The van der Waals surface area contributed by atoms with Crippen LogP contribution in [0.1, 0.15) is 11.3 Å². The molecular formula is C14H13ClN4. The Morgan fingerprint density at radius 3 is 2.63 bits per heavy atom. The molecule has 0 saturated carbocycles. The lowest BCUT2D eigenvalue weighted by atomic mass is 10.1. The highest BCUT2D eigenvalue weighted by atomic mass is 35.5. The summed E-state index contributed by atoms with van der Waals surface area (Å²) in [5.74, 6) is 0.766. The van der Waals surface area contributed by atoms with Crippen LogP contribution in [0.5, 0.6) is 0 Å². The van der Waals surface area contributed by atoms with Crippen LogP contribution in [-0.4, -0.2) is 14.8 Å². The van der Waals surface area contributed by atoms with Crippen molar-refractivity contribution in [1.82, 2.24) is 14.8 Å². The molecule has 0 aliphatic carbocycles. The van der Waals surface area contributed by atoms with Crippen LogP contribution in [0.15, 0.2) is 36.7 Å². The molecule has 19 heavy (non-hydrogen) atoms. The van der Waals surface area contributed by atoms with Crippen molar-refractivity contribution in [2.75, 3.05) is 0 Å². The predicted molar refractivity (Wildman–Crippen MR) is 76.5 cm³/mol. The lowest BCUT2D eigenvalue weighted by Crippen LogP contribution is -2.04. The fourth-order valence-electron chi connectivity index (χ4n) is 2.13. The molecule has 0 bridgehead atoms. The van der Waals surface area contributed by atoms with Crippen LogP contribution >= 0.6 is 11.6 Å². The van der Waals surface area contributed by atoms with Gasteiger partial charge in [0.2, 0.25) is 0 Å². The molecule has 4 nitrogen and oxygen atoms in total. The standard InChI is InChI=1S/C14H13ClN4/c1-9-13(15)8-19(18-9)14-12-5-3-2-4-11(12)10(6-16)7-17-14/h2-5,7-8H,6,16H2,1H3. The molecule has 0 saturated heterocycles. The molecule has 3 rings (SSSR count). The fraction of sp³-hybridized carbons (Fsp3) is 0.143. The number of nitrogens with zero attached hydrogens (tertiary/aromatic N) is 3. The van der Waals surface area contributed by atoms with Crippen LogP contribution in [-0.2, 0) is 6.54 Å². The van der Waals surface area contributed by atoms with Crippen LogP contribution in [0.4, 0.5) is 0 Å². The Morgan fingerprint density at radius 1 is 1.26 bits per heavy atom. The van der Waals surface area contributed by atoms with Gasteiger partial charge in [0.1, 0.15) is 0 Å². The van der Waals surface area contributed by atoms with Gasteiger partial charge in [0.15, 0.2) is 5.82 Å². The van der Waals surface area contributed by atoms with Gasteiger partial charge in [-0.25, -0.2) is 9.67 Å². The van der Waals surface area contributed by atoms with Crippen LogP contribution < -0.4 is 5.73 Å². The van der Waals surface area contributed by atoms with Gasteiger partial charge in [-0.1, -0.05) is 35.9 Å². The molecule has 0 spiro atoms. The summed E-state index contributed by atoms with van der Waals surface area (Å²) < 4.78 is 1.71. The molecule has 0 unspecified atom stereocenters. The topological polar surface area (TPSA) is 56.7 Å². The van der Waals surface area contributed by atoms with E-state index in [1.807, 2.05) is 31.2 Å². The number of rotatable bonds is 2. The summed E-state index contributed by atoms with van der Waals surface area (Å²) in [5.41, 5.74) is 7.56. The summed E-state index contributed by atoms with van der Waals surface area (Å²) in [4.78, 5) is 4.46. The lowest BCUT2D eigenvalue weighted by molar-refractivity contribution is 0.838. The van der Waals surface area contributed by atoms with Gasteiger partial charge in [0.25, 0.3) is 0 Å². The van der Waals surface area contributed by atoms with Crippen molar-refractivity contribution in [2.45, 2.75) is 13.5 Å². The SMILES string of the molecule is Cc1nn(-c2ncc(CN)c3ccccc23)cc1Cl. The van der Waals surface area contributed by atoms with Crippen LogP contribution in [0.3, 0.4) is 0 Å². The summed E-state index contributed by atoms with van der Waals surface area (Å²) in [6, 6.07) is 8.03. The maximum Gasteiger partial charge on any atom is 0.161 e. The quantitative estimate of drug-likeness (QED) is 0.780. The molecule has 0 fully saturated rings. The van der Waals surface area contributed by atoms with Crippen LogP contribution in [0, 0.1) is 6.92 Å². The van der Waals surface area contributed by atoms with E-state index in [9.17, 15) is 0 Å². The largest absolute Gasteiger partial charge is 0.326 e. The predicted octanol–water partition coefficient (Wildman–Crippen LogP) is 2.84. The second kappa shape index (κ2) is 4.64. The van der Waals surface area contributed by atoms with Gasteiger partial charge < -0.3 is 5.73 Å². The minimum absolute atomic E-state index is 0.465. The second-order valence-corrected chi connectivity index (χ2v) is 4.77. The average Bonchev–Trinajstić information content (AvgIpc) is 2.77. The Bertz CT molecular complexity index is 729. The van der Waals surface area contributed by atoms with E-state index in [1.165, 1.54) is 0 Å². The molecule has 3 aromatic rings. The van der Waals surface area contributed by atoms with E-state index in [-0.39, 0.29) is 0 Å². The zero-order chi connectivity index (χ0) is 13.4. The first-order valence-corrected chi connectivity index (χ1v) is 6.37. The van der Waals surface area contributed by atoms with Crippen molar-refractivity contribution >= 4 is 22.4 Å². The Morgan fingerprint density at radius 2 is 2.00 bits per heavy atom. The van der Waals surface area contributed by atoms with Crippen molar-refractivity contribution in [3.8, 4) is 5.82 Å². The number of hydrogen-bond donors (Lipinski definition) is 1. The first-order chi connectivity index (χ1) is 9.20. The number of halogens is 1. The van der Waals surface area contributed by atoms with Crippen molar-refractivity contribution in [3.05, 3.63) is 52.9 Å². The Hall–Kier alpha value is -1.91. The summed E-state index contributed by atoms with van der Waals surface area (Å²) in [6.45, 7) is 2.34. The number of hydrogen-bond acceptors (Lipinski definition) is 3. The molecular weight excluding hydrogens is 260 g/mol. The van der Waals surface area contributed by atoms with Gasteiger partial charge in [0, 0.05) is 18.1 Å². The number of aryl methyl sites for hydroxylation is 1. The summed E-state index contributed by atoms with van der Waals surface area (Å²) in [5, 5.41) is 7.12. The second-order valence-electron chi connectivity index (χ2n) is 4.36. The molecule has 2 heterocycles. The van der Waals surface area contributed by atoms with Gasteiger partial charge in [0.05, 0.1) is 16.9 Å². The van der Waals surface area contributed by atoms with Crippen molar-refractivity contribution < 1.29 is 0 Å². The first kappa shape index (κ1) is 12.1. The van der Waals surface area contributed by atoms with Gasteiger partial charge >= 0.3 is 0 Å². The highest BCUT2D eigenvalue weighted by Gasteiger charge is 2.10. The molecule has 0 atom stereocenters. The Kier molecular flexibility index (Phi) is 2.97. The van der Waals surface area contributed by atoms with E-state index in [0.29, 0.717) is 11.6 Å². The third kappa shape index (κ3) is 1.99. The summed E-state index contributed by atoms with van der Waals surface area (Å²) in [6.07, 6.45) is 3.57. The van der Waals surface area contributed by atoms with E-state index in [4.69, 9.17) is 17.3 Å². The number of pyridine rings is 1. The smallest absolute Gasteiger partial charge is 0.161 e. The molecule has 0 aliphatic heterocycles. The van der Waals surface area contributed by atoms with E-state index in [1.54, 1.807) is 17.1 Å². The van der Waals surface area contributed by atoms with E-state index in [2.05, 4.69) is 10.1 Å². The number of nitrogens with two attached hydrogens (primary N) is 1. The van der Waals surface area contributed by atoms with Crippen LogP contribution in [0.2, 0.25) is 5.02 Å². The maximum atomic E-state index is 6.06. The molecule has 5 heteroatoms. The number of fused-ring (bicyclic) bond motifs is 1. The minimum atomic E-state index is 0.465. The molecule has 1 aromatic carbocycles. The Labute approximate surface area is 115 Å². The van der Waals surface area contributed by atoms with E-state index >= 15 is 0 Å². The van der Waals surface area contributed by atoms with Gasteiger partial charge in [-0.05, 0) is 17.9 Å². The third-order valence-electron chi connectivity index (χ3n) is 3.13. The highest BCUT2D eigenvalue weighted by Crippen LogP contribution is 2.24. The lowest BCUT2D eigenvalue weighted by Gasteiger charge is -2.08. The zero-order valence-corrected chi connectivity index (χ0v) is 11.2. The zero-order valence-electron chi connectivity index (χ0n) is 10.5. The van der Waals surface area contributed by atoms with Crippen molar-refractivity contribution in [1.29, 1.82) is 0 Å². The normalized spacial score (nSPS) is 11.1. The number of aromatic nitrogens is 3. The third-order valence-corrected chi connectivity index (χ3v) is 3.50. The van der Waals surface area contributed by atoms with Gasteiger partial charge in [-0.2, -0.15) is 5.10 Å². The average molecular weight is 273 g/mol. The van der Waals surface area contributed by atoms with Crippen molar-refractivity contribution in [3.63, 3.8) is 0 Å². The molecule has 0 aliphatic rings. The molecule has 2 aromatic heterocycles. The van der Waals surface area contributed by atoms with E-state index < -0.39 is 0 Å². The van der Waals surface area contributed by atoms with E-state index in [0.717, 1.165) is 27.8 Å². The van der Waals surface area contributed by atoms with Gasteiger partial charge in [-0.15, -0.1) is 0 Å². The monoisotopic (exact) mass is 272 g/mol.